The maximum Gasteiger partial charge on any atom is 0.271 e. The quantitative estimate of drug-likeness (QED) is 0.788. The fourth-order valence-electron chi connectivity index (χ4n) is 1.21. The fraction of sp³-hybridized carbons (Fsp3) is 0.200. The van der Waals surface area contributed by atoms with Crippen molar-refractivity contribution in [2.45, 2.75) is 13.5 Å². The minimum Gasteiger partial charge on any atom is -0.382 e. The van der Waals surface area contributed by atoms with Crippen LogP contribution in [0.5, 0.6) is 0 Å². The Bertz CT molecular complexity index is 520. The molecule has 1 amide bonds. The highest BCUT2D eigenvalue weighted by Gasteiger charge is 2.08. The van der Waals surface area contributed by atoms with Crippen LogP contribution in [0.3, 0.4) is 0 Å². The van der Waals surface area contributed by atoms with Crippen LogP contribution in [0.15, 0.2) is 23.0 Å². The highest BCUT2D eigenvalue weighted by molar-refractivity contribution is 5.91. The lowest BCUT2D eigenvalue weighted by atomic mass is 10.3. The summed E-state index contributed by atoms with van der Waals surface area (Å²) in [4.78, 5) is 19.2. The smallest absolute Gasteiger partial charge is 0.271 e. The zero-order valence-corrected chi connectivity index (χ0v) is 9.17. The summed E-state index contributed by atoms with van der Waals surface area (Å²) >= 11 is 0. The molecule has 17 heavy (non-hydrogen) atoms. The summed E-state index contributed by atoms with van der Waals surface area (Å²) in [5.41, 5.74) is 6.34. The van der Waals surface area contributed by atoms with Crippen molar-refractivity contribution in [3.63, 3.8) is 0 Å². The van der Waals surface area contributed by atoms with Gasteiger partial charge in [-0.25, -0.2) is 9.97 Å². The van der Waals surface area contributed by atoms with Crippen LogP contribution in [0.4, 0.5) is 5.82 Å². The first-order valence-corrected chi connectivity index (χ1v) is 4.93. The zero-order chi connectivity index (χ0) is 12.3. The third-order valence-electron chi connectivity index (χ3n) is 2.00. The largest absolute Gasteiger partial charge is 0.382 e. The molecule has 0 atom stereocenters. The van der Waals surface area contributed by atoms with Gasteiger partial charge in [-0.15, -0.1) is 0 Å². The summed E-state index contributed by atoms with van der Waals surface area (Å²) in [6, 6.07) is 1.74. The summed E-state index contributed by atoms with van der Waals surface area (Å²) < 4.78 is 4.95. The van der Waals surface area contributed by atoms with Crippen LogP contribution < -0.4 is 11.1 Å². The molecule has 0 saturated heterocycles. The van der Waals surface area contributed by atoms with Crippen molar-refractivity contribution in [3.05, 3.63) is 35.6 Å². The van der Waals surface area contributed by atoms with Crippen molar-refractivity contribution >= 4 is 11.7 Å². The molecule has 0 fully saturated rings. The number of amides is 1. The third-order valence-corrected chi connectivity index (χ3v) is 2.00. The summed E-state index contributed by atoms with van der Waals surface area (Å²) in [6.07, 6.45) is 2.64. The predicted octanol–water partition coefficient (Wildman–Crippen LogP) is 0.285. The van der Waals surface area contributed by atoms with Gasteiger partial charge in [0.2, 0.25) is 0 Å². The molecule has 3 N–H and O–H groups in total. The Balaban J connectivity index is 1.95. The van der Waals surface area contributed by atoms with Gasteiger partial charge in [-0.2, -0.15) is 0 Å². The van der Waals surface area contributed by atoms with Gasteiger partial charge in [0, 0.05) is 6.07 Å². The van der Waals surface area contributed by atoms with Crippen LogP contribution in [0.25, 0.3) is 0 Å². The molecule has 88 valence electrons. The van der Waals surface area contributed by atoms with Gasteiger partial charge in [0.05, 0.1) is 24.6 Å². The average Bonchev–Trinajstić information content (AvgIpc) is 2.73. The molecule has 0 spiro atoms. The highest BCUT2D eigenvalue weighted by atomic mass is 16.5. The normalized spacial score (nSPS) is 10.2. The summed E-state index contributed by atoms with van der Waals surface area (Å²) in [6.45, 7) is 2.06. The van der Waals surface area contributed by atoms with Crippen molar-refractivity contribution in [2.24, 2.45) is 0 Å². The summed E-state index contributed by atoms with van der Waals surface area (Å²) in [5.74, 6) is 0.512. The van der Waals surface area contributed by atoms with E-state index < -0.39 is 0 Å². The SMILES string of the molecule is Cc1cc(CNC(=O)c2cnc(N)cn2)on1. The Labute approximate surface area is 97.0 Å². The molecule has 7 heteroatoms. The monoisotopic (exact) mass is 233 g/mol. The van der Waals surface area contributed by atoms with E-state index in [0.717, 1.165) is 5.69 Å². The van der Waals surface area contributed by atoms with Gasteiger partial charge in [0.25, 0.3) is 5.91 Å². The molecule has 0 aliphatic carbocycles. The van der Waals surface area contributed by atoms with Gasteiger partial charge in [0.1, 0.15) is 11.5 Å². The third kappa shape index (κ3) is 2.77. The number of carbonyl (C=O) groups is 1. The number of nitrogen functional groups attached to an aromatic ring is 1. The van der Waals surface area contributed by atoms with Crippen LogP contribution in [-0.4, -0.2) is 21.0 Å². The van der Waals surface area contributed by atoms with Gasteiger partial charge in [-0.1, -0.05) is 5.16 Å². The molecule has 2 aromatic rings. The van der Waals surface area contributed by atoms with E-state index in [0.29, 0.717) is 5.76 Å². The Morgan fingerprint density at radius 3 is 2.88 bits per heavy atom. The number of hydrogen-bond donors (Lipinski definition) is 2. The molecule has 0 bridgehead atoms. The van der Waals surface area contributed by atoms with Gasteiger partial charge in [-0.3, -0.25) is 4.79 Å². The van der Waals surface area contributed by atoms with Crippen LogP contribution in [0.2, 0.25) is 0 Å². The molecule has 2 rings (SSSR count). The number of rotatable bonds is 3. The maximum atomic E-state index is 11.6. The number of nitrogens with zero attached hydrogens (tertiary/aromatic N) is 3. The number of nitrogens with one attached hydrogen (secondary N) is 1. The summed E-state index contributed by atoms with van der Waals surface area (Å²) in [7, 11) is 0. The number of hydrogen-bond acceptors (Lipinski definition) is 6. The topological polar surface area (TPSA) is 107 Å². The van der Waals surface area contributed by atoms with E-state index >= 15 is 0 Å². The molecule has 0 unspecified atom stereocenters. The predicted molar refractivity (Wildman–Crippen MR) is 58.9 cm³/mol. The van der Waals surface area contributed by atoms with Crippen molar-refractivity contribution in [3.8, 4) is 0 Å². The second kappa shape index (κ2) is 4.60. The lowest BCUT2D eigenvalue weighted by Gasteiger charge is -2.01. The fourth-order valence-corrected chi connectivity index (χ4v) is 1.21. The van der Waals surface area contributed by atoms with Gasteiger partial charge < -0.3 is 15.6 Å². The van der Waals surface area contributed by atoms with E-state index in [9.17, 15) is 4.79 Å². The average molecular weight is 233 g/mol. The number of aryl methyl sites for hydroxylation is 1. The summed E-state index contributed by atoms with van der Waals surface area (Å²) in [5, 5.41) is 6.34. The molecule has 2 heterocycles. The molecular formula is C10H11N5O2. The molecular weight excluding hydrogens is 222 g/mol. The van der Waals surface area contributed by atoms with Crippen LogP contribution in [0.1, 0.15) is 21.9 Å². The lowest BCUT2D eigenvalue weighted by molar-refractivity contribution is 0.0941. The van der Waals surface area contributed by atoms with E-state index in [2.05, 4.69) is 20.4 Å². The second-order valence-electron chi connectivity index (χ2n) is 3.44. The van der Waals surface area contributed by atoms with E-state index in [4.69, 9.17) is 10.3 Å². The Hall–Kier alpha value is -2.44. The molecule has 7 nitrogen and oxygen atoms in total. The Morgan fingerprint density at radius 1 is 1.47 bits per heavy atom. The molecule has 0 saturated carbocycles. The van der Waals surface area contributed by atoms with E-state index in [1.807, 2.05) is 0 Å². The van der Waals surface area contributed by atoms with Crippen molar-refractivity contribution in [1.82, 2.24) is 20.4 Å². The van der Waals surface area contributed by atoms with Crippen LogP contribution >= 0.6 is 0 Å². The number of nitrogens with two attached hydrogens (primary N) is 1. The van der Waals surface area contributed by atoms with Gasteiger partial charge >= 0.3 is 0 Å². The minimum absolute atomic E-state index is 0.204. The Morgan fingerprint density at radius 2 is 2.29 bits per heavy atom. The molecule has 0 radical (unpaired) electrons. The van der Waals surface area contributed by atoms with Gasteiger partial charge in [-0.05, 0) is 6.92 Å². The maximum absolute atomic E-state index is 11.6. The first kappa shape index (κ1) is 11.1. The van der Waals surface area contributed by atoms with Crippen molar-refractivity contribution in [2.75, 3.05) is 5.73 Å². The lowest BCUT2D eigenvalue weighted by Crippen LogP contribution is -2.23. The highest BCUT2D eigenvalue weighted by Crippen LogP contribution is 2.02. The van der Waals surface area contributed by atoms with E-state index in [1.54, 1.807) is 13.0 Å². The van der Waals surface area contributed by atoms with Crippen LogP contribution in [-0.2, 0) is 6.54 Å². The van der Waals surface area contributed by atoms with Gasteiger partial charge in [0.15, 0.2) is 5.76 Å². The molecule has 0 aliphatic heterocycles. The van der Waals surface area contributed by atoms with E-state index in [1.165, 1.54) is 12.4 Å². The minimum atomic E-state index is -0.341. The van der Waals surface area contributed by atoms with Crippen LogP contribution in [0, 0.1) is 6.92 Å². The Kier molecular flexibility index (Phi) is 2.99. The van der Waals surface area contributed by atoms with Crippen molar-refractivity contribution < 1.29 is 9.32 Å². The first-order valence-electron chi connectivity index (χ1n) is 4.93. The number of aromatic nitrogens is 3. The van der Waals surface area contributed by atoms with Crippen molar-refractivity contribution in [1.29, 1.82) is 0 Å². The first-order chi connectivity index (χ1) is 8.15. The van der Waals surface area contributed by atoms with E-state index in [-0.39, 0.29) is 24.0 Å². The number of anilines is 1. The molecule has 0 aliphatic rings. The molecule has 0 aromatic carbocycles. The zero-order valence-electron chi connectivity index (χ0n) is 9.17. The standard InChI is InChI=1S/C10H11N5O2/c1-6-2-7(17-15-6)3-14-10(16)8-4-13-9(11)5-12-8/h2,4-5H,3H2,1H3,(H2,11,13)(H,14,16). The molecule has 2 aromatic heterocycles. The number of carbonyl (C=O) groups excluding carboxylic acids is 1. The second-order valence-corrected chi connectivity index (χ2v) is 3.44.